The van der Waals surface area contributed by atoms with Crippen LogP contribution in [0.2, 0.25) is 0 Å². The summed E-state index contributed by atoms with van der Waals surface area (Å²) in [6.07, 6.45) is -1.71. The number of rotatable bonds is 2. The topological polar surface area (TPSA) is 83.6 Å². The van der Waals surface area contributed by atoms with Crippen LogP contribution in [0.25, 0.3) is 11.1 Å². The SMILES string of the molecule is O=C(O)C(O)c1nc2ccccc2o1. The summed E-state index contributed by atoms with van der Waals surface area (Å²) < 4.78 is 5.05. The summed E-state index contributed by atoms with van der Waals surface area (Å²) in [5.74, 6) is -1.57. The third kappa shape index (κ3) is 1.33. The number of aliphatic carboxylic acids is 1. The molecule has 0 aliphatic carbocycles. The van der Waals surface area contributed by atoms with Crippen LogP contribution in [0, 0.1) is 0 Å². The van der Waals surface area contributed by atoms with Gasteiger partial charge in [-0.05, 0) is 12.1 Å². The van der Waals surface area contributed by atoms with Crippen molar-refractivity contribution in [2.45, 2.75) is 6.10 Å². The van der Waals surface area contributed by atoms with Crippen LogP contribution in [0.15, 0.2) is 28.7 Å². The fourth-order valence-corrected chi connectivity index (χ4v) is 1.11. The van der Waals surface area contributed by atoms with Crippen molar-refractivity contribution in [3.8, 4) is 0 Å². The lowest BCUT2D eigenvalue weighted by Crippen LogP contribution is -2.10. The molecule has 72 valence electrons. The van der Waals surface area contributed by atoms with Gasteiger partial charge in [-0.15, -0.1) is 0 Å². The fraction of sp³-hybridized carbons (Fsp3) is 0.111. The van der Waals surface area contributed by atoms with Gasteiger partial charge in [0, 0.05) is 0 Å². The molecule has 1 atom stereocenters. The lowest BCUT2D eigenvalue weighted by atomic mass is 10.3. The number of hydrogen-bond donors (Lipinski definition) is 2. The second-order valence-corrected chi connectivity index (χ2v) is 2.76. The predicted molar refractivity (Wildman–Crippen MR) is 46.6 cm³/mol. The van der Waals surface area contributed by atoms with Crippen molar-refractivity contribution in [3.63, 3.8) is 0 Å². The Morgan fingerprint density at radius 1 is 1.43 bits per heavy atom. The zero-order chi connectivity index (χ0) is 10.1. The van der Waals surface area contributed by atoms with E-state index in [1.807, 2.05) is 0 Å². The Morgan fingerprint density at radius 3 is 2.79 bits per heavy atom. The lowest BCUT2D eigenvalue weighted by molar-refractivity contribution is -0.148. The van der Waals surface area contributed by atoms with Crippen LogP contribution in [-0.4, -0.2) is 21.2 Å². The quantitative estimate of drug-likeness (QED) is 0.741. The van der Waals surface area contributed by atoms with Gasteiger partial charge in [-0.25, -0.2) is 9.78 Å². The molecule has 2 aromatic rings. The van der Waals surface area contributed by atoms with Crippen LogP contribution < -0.4 is 0 Å². The highest BCUT2D eigenvalue weighted by Gasteiger charge is 2.21. The highest BCUT2D eigenvalue weighted by molar-refractivity contribution is 5.76. The highest BCUT2D eigenvalue weighted by atomic mass is 16.4. The number of carboxylic acid groups (broad SMARTS) is 1. The molecule has 0 aliphatic heterocycles. The first-order valence-electron chi connectivity index (χ1n) is 3.95. The third-order valence-electron chi connectivity index (χ3n) is 1.78. The highest BCUT2D eigenvalue weighted by Crippen LogP contribution is 2.19. The van der Waals surface area contributed by atoms with E-state index in [4.69, 9.17) is 14.6 Å². The molecule has 0 radical (unpaired) electrons. The van der Waals surface area contributed by atoms with Crippen molar-refractivity contribution in [3.05, 3.63) is 30.2 Å². The van der Waals surface area contributed by atoms with E-state index >= 15 is 0 Å². The normalized spacial score (nSPS) is 12.9. The van der Waals surface area contributed by atoms with Gasteiger partial charge in [0.05, 0.1) is 0 Å². The van der Waals surface area contributed by atoms with Crippen molar-refractivity contribution in [1.82, 2.24) is 4.98 Å². The molecular formula is C9H7NO4. The van der Waals surface area contributed by atoms with Crippen molar-refractivity contribution >= 4 is 17.1 Å². The molecule has 5 heteroatoms. The first-order valence-corrected chi connectivity index (χ1v) is 3.95. The molecule has 0 aliphatic rings. The van der Waals surface area contributed by atoms with Gasteiger partial charge in [0.2, 0.25) is 12.0 Å². The van der Waals surface area contributed by atoms with Crippen molar-refractivity contribution in [1.29, 1.82) is 0 Å². The van der Waals surface area contributed by atoms with Gasteiger partial charge in [-0.3, -0.25) is 0 Å². The van der Waals surface area contributed by atoms with Crippen LogP contribution in [0.5, 0.6) is 0 Å². The van der Waals surface area contributed by atoms with Crippen LogP contribution in [0.1, 0.15) is 12.0 Å². The number of aromatic nitrogens is 1. The summed E-state index contributed by atoms with van der Waals surface area (Å²) in [6, 6.07) is 6.82. The molecule has 2 N–H and O–H groups in total. The van der Waals surface area contributed by atoms with Gasteiger partial charge in [-0.1, -0.05) is 12.1 Å². The molecule has 14 heavy (non-hydrogen) atoms. The monoisotopic (exact) mass is 193 g/mol. The average molecular weight is 193 g/mol. The minimum absolute atomic E-state index is 0.196. The van der Waals surface area contributed by atoms with E-state index in [9.17, 15) is 4.79 Å². The summed E-state index contributed by atoms with van der Waals surface area (Å²) in [5, 5.41) is 17.7. The summed E-state index contributed by atoms with van der Waals surface area (Å²) in [4.78, 5) is 14.3. The number of fused-ring (bicyclic) bond motifs is 1. The molecule has 1 heterocycles. The molecule has 0 fully saturated rings. The number of hydrogen-bond acceptors (Lipinski definition) is 4. The Hall–Kier alpha value is -1.88. The lowest BCUT2D eigenvalue weighted by Gasteiger charge is -1.96. The number of carbonyl (C=O) groups is 1. The molecule has 2 rings (SSSR count). The standard InChI is InChI=1S/C9H7NO4/c11-7(9(12)13)8-10-5-3-1-2-4-6(5)14-8/h1-4,7,11H,(H,12,13). The third-order valence-corrected chi connectivity index (χ3v) is 1.78. The minimum Gasteiger partial charge on any atom is -0.479 e. The number of para-hydroxylation sites is 2. The molecule has 0 saturated carbocycles. The number of aliphatic hydroxyl groups excluding tert-OH is 1. The summed E-state index contributed by atoms with van der Waals surface area (Å²) in [7, 11) is 0. The zero-order valence-electron chi connectivity index (χ0n) is 7.04. The number of benzene rings is 1. The van der Waals surface area contributed by atoms with E-state index in [0.717, 1.165) is 0 Å². The van der Waals surface area contributed by atoms with E-state index in [1.54, 1.807) is 24.3 Å². The van der Waals surface area contributed by atoms with Gasteiger partial charge >= 0.3 is 5.97 Å². The average Bonchev–Trinajstić information content (AvgIpc) is 2.59. The maximum atomic E-state index is 10.4. The van der Waals surface area contributed by atoms with Crippen molar-refractivity contribution in [2.24, 2.45) is 0 Å². The maximum Gasteiger partial charge on any atom is 0.342 e. The Morgan fingerprint density at radius 2 is 2.14 bits per heavy atom. The van der Waals surface area contributed by atoms with Gasteiger partial charge in [0.1, 0.15) is 5.52 Å². The van der Waals surface area contributed by atoms with Crippen LogP contribution >= 0.6 is 0 Å². The van der Waals surface area contributed by atoms with Crippen molar-refractivity contribution < 1.29 is 19.4 Å². The summed E-state index contributed by atoms with van der Waals surface area (Å²) in [5.41, 5.74) is 0.991. The number of carboxylic acids is 1. The molecule has 0 spiro atoms. The smallest absolute Gasteiger partial charge is 0.342 e. The number of oxazole rings is 1. The molecule has 0 saturated heterocycles. The van der Waals surface area contributed by atoms with E-state index in [0.29, 0.717) is 11.1 Å². The molecule has 1 unspecified atom stereocenters. The Bertz CT molecular complexity index is 443. The predicted octanol–water partition coefficient (Wildman–Crippen LogP) is 0.946. The van der Waals surface area contributed by atoms with Gasteiger partial charge < -0.3 is 14.6 Å². The van der Waals surface area contributed by atoms with Crippen LogP contribution in [-0.2, 0) is 4.79 Å². The number of nitrogens with zero attached hydrogens (tertiary/aromatic N) is 1. The van der Waals surface area contributed by atoms with E-state index in [-0.39, 0.29) is 5.89 Å². The Balaban J connectivity index is 2.50. The first-order chi connectivity index (χ1) is 6.68. The van der Waals surface area contributed by atoms with Crippen LogP contribution in [0.4, 0.5) is 0 Å². The van der Waals surface area contributed by atoms with Crippen molar-refractivity contribution in [2.75, 3.05) is 0 Å². The second kappa shape index (κ2) is 3.12. The fourth-order valence-electron chi connectivity index (χ4n) is 1.11. The minimum atomic E-state index is -1.71. The van der Waals surface area contributed by atoms with E-state index in [2.05, 4.69) is 4.98 Å². The molecule has 1 aromatic heterocycles. The van der Waals surface area contributed by atoms with E-state index < -0.39 is 12.1 Å². The van der Waals surface area contributed by atoms with Gasteiger partial charge in [0.25, 0.3) is 0 Å². The van der Waals surface area contributed by atoms with Gasteiger partial charge in [-0.2, -0.15) is 0 Å². The zero-order valence-corrected chi connectivity index (χ0v) is 7.04. The maximum absolute atomic E-state index is 10.4. The second-order valence-electron chi connectivity index (χ2n) is 2.76. The molecular weight excluding hydrogens is 186 g/mol. The van der Waals surface area contributed by atoms with Crippen LogP contribution in [0.3, 0.4) is 0 Å². The summed E-state index contributed by atoms with van der Waals surface area (Å²) >= 11 is 0. The van der Waals surface area contributed by atoms with Gasteiger partial charge in [0.15, 0.2) is 5.58 Å². The largest absolute Gasteiger partial charge is 0.479 e. The first kappa shape index (κ1) is 8.71. The molecule has 0 amide bonds. The molecule has 1 aromatic carbocycles. The Labute approximate surface area is 78.6 Å². The Kier molecular flexibility index (Phi) is 1.94. The van der Waals surface area contributed by atoms with E-state index in [1.165, 1.54) is 0 Å². The molecule has 5 nitrogen and oxygen atoms in total. The molecule has 0 bridgehead atoms. The summed E-state index contributed by atoms with van der Waals surface area (Å²) in [6.45, 7) is 0. The number of aliphatic hydroxyl groups is 1.